The minimum atomic E-state index is -4.38. The summed E-state index contributed by atoms with van der Waals surface area (Å²) < 4.78 is 44.5. The first-order valence-electron chi connectivity index (χ1n) is 7.06. The Bertz CT molecular complexity index is 946. The van der Waals surface area contributed by atoms with Crippen molar-refractivity contribution in [2.45, 2.75) is 4.90 Å². The third-order valence-corrected chi connectivity index (χ3v) is 5.12. The van der Waals surface area contributed by atoms with Gasteiger partial charge in [0.25, 0.3) is 15.7 Å². The third kappa shape index (κ3) is 3.88. The van der Waals surface area contributed by atoms with E-state index < -0.39 is 38.9 Å². The predicted molar refractivity (Wildman–Crippen MR) is 89.8 cm³/mol. The molecule has 0 aliphatic rings. The van der Waals surface area contributed by atoms with Crippen molar-refractivity contribution in [1.82, 2.24) is 0 Å². The molecular weight excluding hydrogens is 369 g/mol. The van der Waals surface area contributed by atoms with Gasteiger partial charge in [0.05, 0.1) is 16.9 Å². The lowest BCUT2D eigenvalue weighted by molar-refractivity contribution is -0.384. The third-order valence-electron chi connectivity index (χ3n) is 3.34. The Morgan fingerprint density at radius 1 is 1.27 bits per heavy atom. The smallest absolute Gasteiger partial charge is 0.271 e. The molecule has 0 bridgehead atoms. The van der Waals surface area contributed by atoms with Crippen LogP contribution < -0.4 is 14.8 Å². The number of benzene rings is 2. The first-order valence-corrected chi connectivity index (χ1v) is 8.50. The van der Waals surface area contributed by atoms with Crippen LogP contribution >= 0.6 is 0 Å². The standard InChI is InChI=1S/C15H14FN3O6S/c1-25-14-7-4-11(19(21)22)8-13(14)18(9-15(17)20)26(23,24)12-5-2-10(16)3-6-12/h2-8H,9H2,1H3,(H2,17,20). The molecule has 0 radical (unpaired) electrons. The summed E-state index contributed by atoms with van der Waals surface area (Å²) in [5.74, 6) is -1.68. The molecule has 11 heteroatoms. The molecule has 2 N–H and O–H groups in total. The summed E-state index contributed by atoms with van der Waals surface area (Å²) >= 11 is 0. The number of non-ortho nitro benzene ring substituents is 1. The Morgan fingerprint density at radius 3 is 2.38 bits per heavy atom. The molecule has 26 heavy (non-hydrogen) atoms. The van der Waals surface area contributed by atoms with Crippen molar-refractivity contribution in [3.8, 4) is 5.75 Å². The quantitative estimate of drug-likeness (QED) is 0.568. The number of sulfonamides is 1. The van der Waals surface area contributed by atoms with Crippen molar-refractivity contribution in [3.05, 3.63) is 58.4 Å². The van der Waals surface area contributed by atoms with Gasteiger partial charge in [-0.2, -0.15) is 0 Å². The molecule has 0 fully saturated rings. The number of ether oxygens (including phenoxy) is 1. The van der Waals surface area contributed by atoms with Crippen LogP contribution in [0.1, 0.15) is 0 Å². The van der Waals surface area contributed by atoms with Gasteiger partial charge in [-0.05, 0) is 30.3 Å². The average molecular weight is 383 g/mol. The summed E-state index contributed by atoms with van der Waals surface area (Å²) in [4.78, 5) is 21.4. The Balaban J connectivity index is 2.68. The lowest BCUT2D eigenvalue weighted by Crippen LogP contribution is -2.38. The van der Waals surface area contributed by atoms with Gasteiger partial charge in [-0.15, -0.1) is 0 Å². The van der Waals surface area contributed by atoms with E-state index in [1.54, 1.807) is 0 Å². The van der Waals surface area contributed by atoms with E-state index >= 15 is 0 Å². The highest BCUT2D eigenvalue weighted by atomic mass is 32.2. The molecule has 138 valence electrons. The molecule has 9 nitrogen and oxygen atoms in total. The topological polar surface area (TPSA) is 133 Å². The van der Waals surface area contributed by atoms with Crippen LogP contribution in [0, 0.1) is 15.9 Å². The van der Waals surface area contributed by atoms with Crippen LogP contribution in [0.2, 0.25) is 0 Å². The number of amides is 1. The normalized spacial score (nSPS) is 11.0. The number of nitrogens with two attached hydrogens (primary N) is 1. The van der Waals surface area contributed by atoms with E-state index in [0.717, 1.165) is 36.4 Å². The van der Waals surface area contributed by atoms with E-state index in [0.29, 0.717) is 4.31 Å². The lowest BCUT2D eigenvalue weighted by Gasteiger charge is -2.24. The molecule has 0 saturated carbocycles. The highest BCUT2D eigenvalue weighted by Gasteiger charge is 2.30. The van der Waals surface area contributed by atoms with E-state index in [2.05, 4.69) is 0 Å². The number of hydrogen-bond acceptors (Lipinski definition) is 6. The van der Waals surface area contributed by atoms with Gasteiger partial charge in [-0.3, -0.25) is 19.2 Å². The summed E-state index contributed by atoms with van der Waals surface area (Å²) in [6, 6.07) is 7.13. The molecule has 0 saturated heterocycles. The molecular formula is C15H14FN3O6S. The molecule has 0 spiro atoms. The Morgan fingerprint density at radius 2 is 1.88 bits per heavy atom. The first-order chi connectivity index (χ1) is 12.2. The van der Waals surface area contributed by atoms with Crippen LogP contribution in [0.25, 0.3) is 0 Å². The second-order valence-electron chi connectivity index (χ2n) is 5.05. The van der Waals surface area contributed by atoms with Crippen LogP contribution in [0.5, 0.6) is 5.75 Å². The number of methoxy groups -OCH3 is 1. The number of nitro benzene ring substituents is 1. The van der Waals surface area contributed by atoms with E-state index in [1.807, 2.05) is 0 Å². The van der Waals surface area contributed by atoms with Crippen molar-refractivity contribution >= 4 is 27.3 Å². The number of hydrogen-bond donors (Lipinski definition) is 1. The van der Waals surface area contributed by atoms with E-state index in [-0.39, 0.29) is 16.3 Å². The molecule has 2 rings (SSSR count). The van der Waals surface area contributed by atoms with Gasteiger partial charge in [-0.25, -0.2) is 12.8 Å². The van der Waals surface area contributed by atoms with Crippen LogP contribution in [-0.4, -0.2) is 32.9 Å². The Hall–Kier alpha value is -3.21. The lowest BCUT2D eigenvalue weighted by atomic mass is 10.2. The van der Waals surface area contributed by atoms with Gasteiger partial charge in [0.15, 0.2) is 0 Å². The van der Waals surface area contributed by atoms with Crippen LogP contribution in [-0.2, 0) is 14.8 Å². The number of carbonyl (C=O) groups excluding carboxylic acids is 1. The molecule has 0 atom stereocenters. The molecule has 1 amide bonds. The maximum absolute atomic E-state index is 13.1. The Kier molecular flexibility index (Phi) is 5.41. The summed E-state index contributed by atoms with van der Waals surface area (Å²) in [7, 11) is -3.14. The van der Waals surface area contributed by atoms with Gasteiger partial charge in [0.1, 0.15) is 23.8 Å². The molecule has 0 aliphatic heterocycles. The monoisotopic (exact) mass is 383 g/mol. The number of anilines is 1. The summed E-state index contributed by atoms with van der Waals surface area (Å²) in [5, 5.41) is 11.0. The van der Waals surface area contributed by atoms with Crippen molar-refractivity contribution in [3.63, 3.8) is 0 Å². The molecule has 0 heterocycles. The van der Waals surface area contributed by atoms with E-state index in [9.17, 15) is 27.7 Å². The zero-order valence-electron chi connectivity index (χ0n) is 13.5. The van der Waals surface area contributed by atoms with E-state index in [4.69, 9.17) is 10.5 Å². The molecule has 0 aliphatic carbocycles. The number of rotatable bonds is 7. The fraction of sp³-hybridized carbons (Fsp3) is 0.133. The minimum Gasteiger partial charge on any atom is -0.495 e. The molecule has 0 aromatic heterocycles. The maximum atomic E-state index is 13.1. The van der Waals surface area contributed by atoms with Gasteiger partial charge in [0.2, 0.25) is 5.91 Å². The second-order valence-corrected chi connectivity index (χ2v) is 6.91. The highest BCUT2D eigenvalue weighted by molar-refractivity contribution is 7.92. The van der Waals surface area contributed by atoms with Crippen molar-refractivity contribution in [1.29, 1.82) is 0 Å². The average Bonchev–Trinajstić information content (AvgIpc) is 2.59. The Labute approximate surface area is 148 Å². The predicted octanol–water partition coefficient (Wildman–Crippen LogP) is 1.42. The number of nitrogens with zero attached hydrogens (tertiary/aromatic N) is 2. The summed E-state index contributed by atoms with van der Waals surface area (Å²) in [6.07, 6.45) is 0. The van der Waals surface area contributed by atoms with Gasteiger partial charge < -0.3 is 10.5 Å². The van der Waals surface area contributed by atoms with Crippen LogP contribution in [0.4, 0.5) is 15.8 Å². The zero-order valence-corrected chi connectivity index (χ0v) is 14.3. The number of nitro groups is 1. The van der Waals surface area contributed by atoms with Gasteiger partial charge in [0, 0.05) is 12.1 Å². The fourth-order valence-corrected chi connectivity index (χ4v) is 3.60. The SMILES string of the molecule is COc1ccc([N+](=O)[O-])cc1N(CC(N)=O)S(=O)(=O)c1ccc(F)cc1. The van der Waals surface area contributed by atoms with Gasteiger partial charge >= 0.3 is 0 Å². The fourth-order valence-electron chi connectivity index (χ4n) is 2.16. The van der Waals surface area contributed by atoms with E-state index in [1.165, 1.54) is 13.2 Å². The summed E-state index contributed by atoms with van der Waals surface area (Å²) in [5.41, 5.74) is 4.48. The van der Waals surface area contributed by atoms with Crippen molar-refractivity contribution < 1.29 is 27.3 Å². The molecule has 2 aromatic rings. The first kappa shape index (κ1) is 19.1. The minimum absolute atomic E-state index is 0.0254. The van der Waals surface area contributed by atoms with Crippen LogP contribution in [0.15, 0.2) is 47.4 Å². The zero-order chi connectivity index (χ0) is 19.5. The van der Waals surface area contributed by atoms with Crippen molar-refractivity contribution in [2.75, 3.05) is 18.0 Å². The number of halogens is 1. The number of primary amides is 1. The molecule has 2 aromatic carbocycles. The summed E-state index contributed by atoms with van der Waals surface area (Å²) in [6.45, 7) is -0.794. The largest absolute Gasteiger partial charge is 0.495 e. The van der Waals surface area contributed by atoms with Gasteiger partial charge in [-0.1, -0.05) is 0 Å². The second kappa shape index (κ2) is 7.35. The van der Waals surface area contributed by atoms with Crippen molar-refractivity contribution in [2.24, 2.45) is 5.73 Å². The molecule has 0 unspecified atom stereocenters. The number of carbonyl (C=O) groups is 1. The van der Waals surface area contributed by atoms with Crippen LogP contribution in [0.3, 0.4) is 0 Å². The highest BCUT2D eigenvalue weighted by Crippen LogP contribution is 2.35. The maximum Gasteiger partial charge on any atom is 0.271 e.